The number of anilines is 1. The molecule has 232 valence electrons. The van der Waals surface area contributed by atoms with Gasteiger partial charge in [-0.2, -0.15) is 0 Å². The molecule has 2 bridgehead atoms. The van der Waals surface area contributed by atoms with E-state index in [2.05, 4.69) is 10.6 Å². The van der Waals surface area contributed by atoms with Crippen molar-refractivity contribution in [1.29, 1.82) is 0 Å². The number of likely N-dealkylation sites (tertiary alicyclic amines) is 1. The van der Waals surface area contributed by atoms with E-state index in [1.807, 2.05) is 0 Å². The first-order valence-corrected chi connectivity index (χ1v) is 15.9. The summed E-state index contributed by atoms with van der Waals surface area (Å²) in [4.78, 5) is 38.9. The van der Waals surface area contributed by atoms with Crippen LogP contribution in [-0.4, -0.2) is 73.4 Å². The number of hydrogen-bond acceptors (Lipinski definition) is 7. The molecule has 14 heteroatoms. The largest absolute Gasteiger partial charge is 0.453 e. The Bertz CT molecular complexity index is 1540. The number of halogens is 3. The van der Waals surface area contributed by atoms with E-state index in [1.165, 1.54) is 30.2 Å². The summed E-state index contributed by atoms with van der Waals surface area (Å²) >= 11 is 6.30. The summed E-state index contributed by atoms with van der Waals surface area (Å²) in [5, 5.41) is 15.9. The van der Waals surface area contributed by atoms with E-state index in [1.54, 1.807) is 0 Å². The number of methoxy groups -OCH3 is 1. The lowest BCUT2D eigenvalue weighted by Crippen LogP contribution is -2.56. The van der Waals surface area contributed by atoms with Gasteiger partial charge in [-0.05, 0) is 80.7 Å². The van der Waals surface area contributed by atoms with Crippen molar-refractivity contribution >= 4 is 45.0 Å². The first-order valence-electron chi connectivity index (χ1n) is 14.0. The fourth-order valence-corrected chi connectivity index (χ4v) is 9.10. The van der Waals surface area contributed by atoms with Crippen LogP contribution in [0.15, 0.2) is 41.3 Å². The molecule has 1 heterocycles. The monoisotopic (exact) mass is 639 g/mol. The smallest absolute Gasteiger partial charge is 0.410 e. The number of ether oxygens (including phenoxy) is 1. The van der Waals surface area contributed by atoms with Crippen LogP contribution in [0.5, 0.6) is 0 Å². The molecular formula is C29H32ClF2N3O7S. The average Bonchev–Trinajstić information content (AvgIpc) is 3.50. The van der Waals surface area contributed by atoms with Gasteiger partial charge in [0.15, 0.2) is 21.5 Å². The third kappa shape index (κ3) is 5.94. The normalized spacial score (nSPS) is 26.7. The number of nitrogens with zero attached hydrogens (tertiary/aromatic N) is 1. The van der Waals surface area contributed by atoms with Crippen molar-refractivity contribution in [1.82, 2.24) is 10.2 Å². The number of amides is 3. The lowest BCUT2D eigenvalue weighted by molar-refractivity contribution is -0.128. The number of fused-ring (bicyclic) bond motifs is 2. The number of nitrogens with one attached hydrogen (secondary N) is 2. The first-order chi connectivity index (χ1) is 20.3. The zero-order valence-electron chi connectivity index (χ0n) is 23.3. The zero-order valence-corrected chi connectivity index (χ0v) is 24.9. The van der Waals surface area contributed by atoms with Crippen LogP contribution in [0.3, 0.4) is 0 Å². The van der Waals surface area contributed by atoms with E-state index in [0.29, 0.717) is 32.2 Å². The lowest BCUT2D eigenvalue weighted by atomic mass is 9.74. The summed E-state index contributed by atoms with van der Waals surface area (Å²) in [6, 6.07) is 5.92. The number of carbonyl (C=O) groups is 3. The average molecular weight is 640 g/mol. The molecule has 2 unspecified atom stereocenters. The van der Waals surface area contributed by atoms with Gasteiger partial charge in [-0.1, -0.05) is 11.6 Å². The number of sulfone groups is 1. The first kappa shape index (κ1) is 31.1. The van der Waals surface area contributed by atoms with Crippen LogP contribution in [-0.2, 0) is 19.4 Å². The van der Waals surface area contributed by atoms with E-state index in [4.69, 9.17) is 16.3 Å². The fraction of sp³-hybridized carbons (Fsp3) is 0.483. The van der Waals surface area contributed by atoms with Crippen molar-refractivity contribution in [2.75, 3.05) is 25.5 Å². The highest BCUT2D eigenvalue weighted by molar-refractivity contribution is 7.92. The van der Waals surface area contributed by atoms with Crippen molar-refractivity contribution in [2.45, 2.75) is 60.3 Å². The Morgan fingerprint density at radius 2 is 1.77 bits per heavy atom. The molecule has 0 spiro atoms. The van der Waals surface area contributed by atoms with Crippen molar-refractivity contribution in [3.63, 3.8) is 0 Å². The molecule has 1 saturated heterocycles. The Balaban J connectivity index is 1.28. The van der Waals surface area contributed by atoms with Crippen LogP contribution in [0.4, 0.5) is 19.3 Å². The summed E-state index contributed by atoms with van der Waals surface area (Å²) in [6.07, 6.45) is 1.95. The summed E-state index contributed by atoms with van der Waals surface area (Å²) in [5.41, 5.74) is -1.37. The highest BCUT2D eigenvalue weighted by Gasteiger charge is 2.56. The third-order valence-electron chi connectivity index (χ3n) is 9.00. The Kier molecular flexibility index (Phi) is 8.70. The fourth-order valence-electron chi connectivity index (χ4n) is 6.69. The number of benzene rings is 2. The van der Waals surface area contributed by atoms with Gasteiger partial charge in [-0.25, -0.2) is 22.0 Å². The maximum atomic E-state index is 13.8. The number of carbonyl (C=O) groups excluding carboxylic acids is 3. The van der Waals surface area contributed by atoms with E-state index >= 15 is 0 Å². The molecule has 3 aliphatic rings. The molecule has 1 aliphatic heterocycles. The Hall–Kier alpha value is -3.29. The molecule has 10 nitrogen and oxygen atoms in total. The third-order valence-corrected chi connectivity index (χ3v) is 11.7. The molecule has 3 atom stereocenters. The van der Waals surface area contributed by atoms with E-state index in [-0.39, 0.29) is 40.6 Å². The molecule has 5 rings (SSSR count). The second-order valence-electron chi connectivity index (χ2n) is 11.4. The Labute approximate surface area is 252 Å². The van der Waals surface area contributed by atoms with E-state index < -0.39 is 68.1 Å². The second kappa shape index (κ2) is 12.0. The van der Waals surface area contributed by atoms with Gasteiger partial charge in [0.05, 0.1) is 27.9 Å². The van der Waals surface area contributed by atoms with E-state index in [9.17, 15) is 36.7 Å². The zero-order chi connectivity index (χ0) is 31.1. The molecule has 2 saturated carbocycles. The van der Waals surface area contributed by atoms with Crippen LogP contribution < -0.4 is 10.6 Å². The Morgan fingerprint density at radius 1 is 1.07 bits per heavy atom. The molecular weight excluding hydrogens is 608 g/mol. The van der Waals surface area contributed by atoms with Crippen LogP contribution in [0.1, 0.15) is 48.9 Å². The van der Waals surface area contributed by atoms with Gasteiger partial charge in [0.2, 0.25) is 5.91 Å². The number of hydrogen-bond donors (Lipinski definition) is 3. The predicted molar refractivity (Wildman–Crippen MR) is 152 cm³/mol. The van der Waals surface area contributed by atoms with Crippen molar-refractivity contribution in [3.05, 3.63) is 58.6 Å². The molecule has 43 heavy (non-hydrogen) atoms. The summed E-state index contributed by atoms with van der Waals surface area (Å²) < 4.78 is 59.2. The molecule has 3 amide bonds. The van der Waals surface area contributed by atoms with Crippen LogP contribution in [0.25, 0.3) is 0 Å². The van der Waals surface area contributed by atoms with Crippen LogP contribution in [0, 0.1) is 23.5 Å². The van der Waals surface area contributed by atoms with Gasteiger partial charge < -0.3 is 20.5 Å². The topological polar surface area (TPSA) is 142 Å². The van der Waals surface area contributed by atoms with Crippen LogP contribution >= 0.6 is 11.6 Å². The molecule has 3 fully saturated rings. The van der Waals surface area contributed by atoms with Crippen LogP contribution in [0.2, 0.25) is 5.02 Å². The number of rotatable bonds is 7. The minimum atomic E-state index is -4.05. The van der Waals surface area contributed by atoms with E-state index in [0.717, 1.165) is 18.2 Å². The highest BCUT2D eigenvalue weighted by atomic mass is 35.5. The van der Waals surface area contributed by atoms with Crippen molar-refractivity contribution < 1.29 is 41.4 Å². The Morgan fingerprint density at radius 3 is 2.42 bits per heavy atom. The minimum Gasteiger partial charge on any atom is -0.453 e. The predicted octanol–water partition coefficient (Wildman–Crippen LogP) is 3.91. The number of aliphatic hydroxyl groups is 1. The van der Waals surface area contributed by atoms with Gasteiger partial charge in [-0.15, -0.1) is 0 Å². The molecule has 0 radical (unpaired) electrons. The highest BCUT2D eigenvalue weighted by Crippen LogP contribution is 2.52. The molecule has 2 aliphatic carbocycles. The summed E-state index contributed by atoms with van der Waals surface area (Å²) in [5.74, 6) is -4.18. The van der Waals surface area contributed by atoms with Gasteiger partial charge in [0.25, 0.3) is 5.91 Å². The summed E-state index contributed by atoms with van der Waals surface area (Å²) in [6.45, 7) is 0.329. The van der Waals surface area contributed by atoms with Crippen molar-refractivity contribution in [3.8, 4) is 0 Å². The molecule has 3 N–H and O–H groups in total. The van der Waals surface area contributed by atoms with Gasteiger partial charge >= 0.3 is 6.09 Å². The molecule has 2 aromatic rings. The van der Waals surface area contributed by atoms with Gasteiger partial charge in [0.1, 0.15) is 6.04 Å². The lowest BCUT2D eigenvalue weighted by Gasteiger charge is -2.42. The summed E-state index contributed by atoms with van der Waals surface area (Å²) in [7, 11) is -2.81. The SMILES string of the molecule is COC(=O)N1CCC[C@H]1C(=O)NCC1(O)C2CCC1CC(S(=O)(=O)c1cc(C(=O)Nc3ccc(F)c(F)c3)ccc1Cl)C2. The maximum absolute atomic E-state index is 13.8. The van der Waals surface area contributed by atoms with Gasteiger partial charge in [0, 0.05) is 30.4 Å². The molecule has 2 aromatic carbocycles. The second-order valence-corrected chi connectivity index (χ2v) is 14.0. The maximum Gasteiger partial charge on any atom is 0.410 e. The van der Waals surface area contributed by atoms with Gasteiger partial charge in [-0.3, -0.25) is 14.5 Å². The van der Waals surface area contributed by atoms with Crippen molar-refractivity contribution in [2.24, 2.45) is 11.8 Å². The quantitative estimate of drug-likeness (QED) is 0.417. The minimum absolute atomic E-state index is 0.00979. The standard InChI is InChI=1S/C29H32ClF2N3O7S/c1-42-28(38)35-10-2-3-24(35)27(37)33-15-29(39)17-5-6-18(29)13-20(12-17)43(40,41)25-11-16(4-8-21(25)30)26(36)34-19-7-9-22(31)23(32)14-19/h4,7-9,11,14,17-18,20,24,39H,2-3,5-6,10,12-13,15H2,1H3,(H,33,37)(H,34,36)/t17?,18?,20?,24-,29?/m0/s1. The molecule has 0 aromatic heterocycles.